The van der Waals surface area contributed by atoms with Crippen molar-refractivity contribution in [3.05, 3.63) is 0 Å². The van der Waals surface area contributed by atoms with Crippen molar-refractivity contribution >= 4 is 5.78 Å². The van der Waals surface area contributed by atoms with E-state index in [0.717, 1.165) is 0 Å². The van der Waals surface area contributed by atoms with Gasteiger partial charge in [-0.05, 0) is 19.3 Å². The second-order valence-corrected chi connectivity index (χ2v) is 6.06. The molecule has 0 unspecified atom stereocenters. The molecule has 2 bridgehead atoms. The van der Waals surface area contributed by atoms with Gasteiger partial charge in [-0.25, -0.2) is 0 Å². The zero-order chi connectivity index (χ0) is 10.5. The molecule has 0 spiro atoms. The van der Waals surface area contributed by atoms with Crippen LogP contribution in [0.4, 0.5) is 0 Å². The predicted molar refractivity (Wildman–Crippen MR) is 59.4 cm³/mol. The minimum absolute atomic E-state index is 0.437. The van der Waals surface area contributed by atoms with Crippen LogP contribution in [0.15, 0.2) is 0 Å². The molecule has 3 aliphatic rings. The number of nitrogens with zero attached hydrogens (tertiary/aromatic N) is 1. The second-order valence-electron chi connectivity index (χ2n) is 6.06. The molecule has 0 radical (unpaired) electrons. The van der Waals surface area contributed by atoms with Crippen LogP contribution in [0.2, 0.25) is 0 Å². The van der Waals surface area contributed by atoms with E-state index in [9.17, 15) is 4.79 Å². The Morgan fingerprint density at radius 3 is 2.47 bits per heavy atom. The molecule has 3 fully saturated rings. The minimum atomic E-state index is 0.437. The number of Topliss-reactive ketones (excluding diaryl/α,β-unsaturated/α-hetero) is 1. The van der Waals surface area contributed by atoms with Crippen LogP contribution in [0.5, 0.6) is 0 Å². The fraction of sp³-hybridized carbons (Fsp3) is 0.923. The average molecular weight is 208 g/mol. The van der Waals surface area contributed by atoms with E-state index in [1.54, 1.807) is 0 Å². The minimum Gasteiger partial charge on any atom is -0.323 e. The fourth-order valence-corrected chi connectivity index (χ4v) is 4.35. The van der Waals surface area contributed by atoms with E-state index in [0.29, 0.717) is 23.7 Å². The largest absolute Gasteiger partial charge is 0.323 e. The van der Waals surface area contributed by atoms with Gasteiger partial charge in [0.2, 0.25) is 0 Å². The van der Waals surface area contributed by atoms with Crippen molar-refractivity contribution in [3.8, 4) is 0 Å². The molecule has 1 heterocycles. The lowest BCUT2D eigenvalue weighted by Crippen LogP contribution is -2.55. The summed E-state index contributed by atoms with van der Waals surface area (Å²) >= 11 is 0. The van der Waals surface area contributed by atoms with Gasteiger partial charge in [0.1, 0.15) is 5.78 Å². The maximum absolute atomic E-state index is 12.1. The van der Waals surface area contributed by atoms with E-state index in [2.05, 4.69) is 7.05 Å². The Balaban J connectivity index is 1.84. The van der Waals surface area contributed by atoms with E-state index in [1.807, 2.05) is 0 Å². The number of rotatable bonds is 1. The van der Waals surface area contributed by atoms with Gasteiger partial charge < -0.3 is 4.48 Å². The zero-order valence-corrected chi connectivity index (χ0v) is 9.74. The summed E-state index contributed by atoms with van der Waals surface area (Å²) in [4.78, 5) is 12.1. The smallest absolute Gasteiger partial charge is 0.144 e. The third-order valence-corrected chi connectivity index (χ3v) is 5.26. The maximum atomic E-state index is 12.1. The van der Waals surface area contributed by atoms with Crippen LogP contribution in [0.25, 0.3) is 0 Å². The number of carbonyl (C=O) groups excluding carboxylic acids is 1. The SMILES string of the molecule is C[N+]1([C@H]2CC[C@@H]3CC[C@@H]2C3=O)CCCC1. The summed E-state index contributed by atoms with van der Waals surface area (Å²) in [5.41, 5.74) is 0. The van der Waals surface area contributed by atoms with Gasteiger partial charge in [-0.2, -0.15) is 0 Å². The highest BCUT2D eigenvalue weighted by atomic mass is 16.1. The van der Waals surface area contributed by atoms with Crippen molar-refractivity contribution in [3.63, 3.8) is 0 Å². The molecule has 0 aromatic rings. The van der Waals surface area contributed by atoms with Crippen LogP contribution in [-0.4, -0.2) is 36.4 Å². The Kier molecular flexibility index (Phi) is 2.17. The molecule has 3 atom stereocenters. The van der Waals surface area contributed by atoms with E-state index < -0.39 is 0 Å². The molecule has 15 heavy (non-hydrogen) atoms. The van der Waals surface area contributed by atoms with Crippen molar-refractivity contribution in [1.82, 2.24) is 0 Å². The first kappa shape index (κ1) is 9.83. The third kappa shape index (κ3) is 1.37. The van der Waals surface area contributed by atoms with Crippen LogP contribution in [-0.2, 0) is 4.79 Å². The van der Waals surface area contributed by atoms with Gasteiger partial charge in [0.05, 0.1) is 32.1 Å². The van der Waals surface area contributed by atoms with Crippen molar-refractivity contribution in [2.75, 3.05) is 20.1 Å². The van der Waals surface area contributed by atoms with E-state index in [4.69, 9.17) is 0 Å². The lowest BCUT2D eigenvalue weighted by Gasteiger charge is -2.42. The Hall–Kier alpha value is -0.370. The average Bonchev–Trinajstić information content (AvgIpc) is 2.72. The quantitative estimate of drug-likeness (QED) is 0.602. The van der Waals surface area contributed by atoms with Crippen LogP contribution in [0, 0.1) is 11.8 Å². The molecular formula is C13H22NO+. The normalized spacial score (nSPS) is 43.5. The fourth-order valence-electron chi connectivity index (χ4n) is 4.35. The molecule has 1 saturated heterocycles. The van der Waals surface area contributed by atoms with Gasteiger partial charge in [-0.3, -0.25) is 4.79 Å². The number of ketones is 1. The third-order valence-electron chi connectivity index (χ3n) is 5.26. The highest BCUT2D eigenvalue weighted by Gasteiger charge is 2.51. The summed E-state index contributed by atoms with van der Waals surface area (Å²) in [6.45, 7) is 2.64. The van der Waals surface area contributed by atoms with Crippen molar-refractivity contribution in [1.29, 1.82) is 0 Å². The van der Waals surface area contributed by atoms with Gasteiger partial charge in [-0.15, -0.1) is 0 Å². The zero-order valence-electron chi connectivity index (χ0n) is 9.74. The molecule has 0 N–H and O–H groups in total. The van der Waals surface area contributed by atoms with Gasteiger partial charge in [0.15, 0.2) is 0 Å². The molecule has 0 aromatic heterocycles. The standard InChI is InChI=1S/C13H22NO/c1-14(8-2-3-9-14)12-7-5-10-4-6-11(12)13(10)15/h10-12H,2-9H2,1H3/q+1/t10-,11-,12-/m0/s1. The number of hydrogen-bond donors (Lipinski definition) is 0. The lowest BCUT2D eigenvalue weighted by molar-refractivity contribution is -0.925. The Morgan fingerprint density at radius 2 is 1.73 bits per heavy atom. The van der Waals surface area contributed by atoms with Crippen LogP contribution >= 0.6 is 0 Å². The molecule has 0 aromatic carbocycles. The maximum Gasteiger partial charge on any atom is 0.144 e. The second kappa shape index (κ2) is 3.31. The van der Waals surface area contributed by atoms with Gasteiger partial charge in [-0.1, -0.05) is 0 Å². The first-order valence-corrected chi connectivity index (χ1v) is 6.59. The molecule has 2 nitrogen and oxygen atoms in total. The first-order valence-electron chi connectivity index (χ1n) is 6.59. The van der Waals surface area contributed by atoms with Crippen molar-refractivity contribution in [2.24, 2.45) is 11.8 Å². The summed E-state index contributed by atoms with van der Waals surface area (Å²) < 4.78 is 1.21. The monoisotopic (exact) mass is 208 g/mol. The Labute approximate surface area is 92.2 Å². The Morgan fingerprint density at radius 1 is 1.07 bits per heavy atom. The molecule has 84 valence electrons. The van der Waals surface area contributed by atoms with E-state index in [1.165, 1.54) is 56.1 Å². The Bertz CT molecular complexity index is 280. The number of quaternary nitrogens is 1. The summed E-state index contributed by atoms with van der Waals surface area (Å²) in [5, 5.41) is 0. The molecule has 3 rings (SSSR count). The van der Waals surface area contributed by atoms with E-state index in [-0.39, 0.29) is 0 Å². The molecule has 1 aliphatic heterocycles. The van der Waals surface area contributed by atoms with E-state index >= 15 is 0 Å². The first-order chi connectivity index (χ1) is 7.21. The van der Waals surface area contributed by atoms with Crippen LogP contribution < -0.4 is 0 Å². The van der Waals surface area contributed by atoms with Crippen molar-refractivity contribution in [2.45, 2.75) is 44.6 Å². The molecule has 2 saturated carbocycles. The summed E-state index contributed by atoms with van der Waals surface area (Å²) in [7, 11) is 2.39. The molecule has 2 heteroatoms. The predicted octanol–water partition coefficient (Wildman–Crippen LogP) is 1.98. The highest BCUT2D eigenvalue weighted by Crippen LogP contribution is 2.44. The summed E-state index contributed by atoms with van der Waals surface area (Å²) in [6.07, 6.45) is 7.64. The van der Waals surface area contributed by atoms with Crippen LogP contribution in [0.1, 0.15) is 38.5 Å². The summed E-state index contributed by atoms with van der Waals surface area (Å²) in [5.74, 6) is 1.52. The molecular weight excluding hydrogens is 186 g/mol. The van der Waals surface area contributed by atoms with Gasteiger partial charge in [0, 0.05) is 25.2 Å². The number of fused-ring (bicyclic) bond motifs is 2. The number of carbonyl (C=O) groups is 1. The number of hydrogen-bond acceptors (Lipinski definition) is 1. The summed E-state index contributed by atoms with van der Waals surface area (Å²) in [6, 6.07) is 0.679. The topological polar surface area (TPSA) is 17.1 Å². The lowest BCUT2D eigenvalue weighted by atomic mass is 9.82. The van der Waals surface area contributed by atoms with Crippen molar-refractivity contribution < 1.29 is 9.28 Å². The van der Waals surface area contributed by atoms with Gasteiger partial charge >= 0.3 is 0 Å². The highest BCUT2D eigenvalue weighted by molar-refractivity contribution is 5.86. The number of likely N-dealkylation sites (tertiary alicyclic amines) is 1. The molecule has 2 aliphatic carbocycles. The van der Waals surface area contributed by atoms with Gasteiger partial charge in [0.25, 0.3) is 0 Å². The molecule has 0 amide bonds. The van der Waals surface area contributed by atoms with Crippen LogP contribution in [0.3, 0.4) is 0 Å².